The van der Waals surface area contributed by atoms with E-state index in [1.54, 1.807) is 0 Å². The Hall–Kier alpha value is -2.47. The van der Waals surface area contributed by atoms with Crippen LogP contribution >= 0.6 is 0 Å². The molecule has 0 unspecified atom stereocenters. The first-order chi connectivity index (χ1) is 13.4. The molecule has 28 heavy (non-hydrogen) atoms. The minimum atomic E-state index is -1.55. The molecule has 0 spiro atoms. The lowest BCUT2D eigenvalue weighted by molar-refractivity contribution is -0.119. The van der Waals surface area contributed by atoms with E-state index in [9.17, 15) is 13.8 Å². The second-order valence-corrected chi connectivity index (χ2v) is 8.74. The maximum Gasteiger partial charge on any atom is 0.237 e. The van der Waals surface area contributed by atoms with Gasteiger partial charge in [0.1, 0.15) is 11.5 Å². The molecule has 148 valence electrons. The van der Waals surface area contributed by atoms with E-state index in [4.69, 9.17) is 0 Å². The molecule has 1 aliphatic carbocycles. The molecular formula is C22H26N2O3S. The van der Waals surface area contributed by atoms with Crippen LogP contribution in [0.4, 0.5) is 5.69 Å². The van der Waals surface area contributed by atoms with Gasteiger partial charge in [0.25, 0.3) is 0 Å². The molecule has 3 rings (SSSR count). The first-order valence-corrected chi connectivity index (χ1v) is 11.0. The lowest BCUT2D eigenvalue weighted by Crippen LogP contribution is -2.35. The van der Waals surface area contributed by atoms with Crippen LogP contribution in [0.2, 0.25) is 0 Å². The van der Waals surface area contributed by atoms with Crippen molar-refractivity contribution in [1.29, 1.82) is 0 Å². The lowest BCUT2D eigenvalue weighted by atomic mass is 9.88. The number of aryl methyl sites for hydroxylation is 3. The Morgan fingerprint density at radius 3 is 2.57 bits per heavy atom. The molecule has 2 amide bonds. The summed E-state index contributed by atoms with van der Waals surface area (Å²) in [7, 11) is -1.55. The van der Waals surface area contributed by atoms with Crippen LogP contribution in [-0.4, -0.2) is 27.5 Å². The summed E-state index contributed by atoms with van der Waals surface area (Å²) in [6, 6.07) is 13.7. The van der Waals surface area contributed by atoms with Gasteiger partial charge in [0.05, 0.1) is 6.04 Å². The molecule has 0 aliphatic heterocycles. The van der Waals surface area contributed by atoms with Gasteiger partial charge in [0.2, 0.25) is 11.8 Å². The number of amides is 2. The van der Waals surface area contributed by atoms with Crippen molar-refractivity contribution in [3.63, 3.8) is 0 Å². The van der Waals surface area contributed by atoms with Crippen molar-refractivity contribution in [3.8, 4) is 0 Å². The summed E-state index contributed by atoms with van der Waals surface area (Å²) in [5.41, 5.74) is 5.29. The van der Waals surface area contributed by atoms with Gasteiger partial charge in [-0.25, -0.2) is 0 Å². The third kappa shape index (κ3) is 5.29. The summed E-state index contributed by atoms with van der Waals surface area (Å²) < 4.78 is 12.3. The third-order valence-electron chi connectivity index (χ3n) is 5.08. The molecule has 0 heterocycles. The molecule has 0 saturated heterocycles. The third-order valence-corrected chi connectivity index (χ3v) is 6.25. The Kier molecular flexibility index (Phi) is 6.62. The van der Waals surface area contributed by atoms with Crippen LogP contribution < -0.4 is 10.6 Å². The quantitative estimate of drug-likeness (QED) is 0.785. The normalized spacial score (nSPS) is 16.7. The largest absolute Gasteiger partial charge is 0.348 e. The van der Waals surface area contributed by atoms with Crippen LogP contribution in [0, 0.1) is 13.8 Å². The topological polar surface area (TPSA) is 75.3 Å². The highest BCUT2D eigenvalue weighted by Crippen LogP contribution is 2.29. The summed E-state index contributed by atoms with van der Waals surface area (Å²) >= 11 is 0. The summed E-state index contributed by atoms with van der Waals surface area (Å²) in [5, 5.41) is 5.72. The predicted molar refractivity (Wildman–Crippen MR) is 113 cm³/mol. The van der Waals surface area contributed by atoms with Gasteiger partial charge in [-0.1, -0.05) is 30.3 Å². The molecule has 0 fully saturated rings. The van der Waals surface area contributed by atoms with Crippen molar-refractivity contribution >= 4 is 28.3 Å². The Bertz CT molecular complexity index is 910. The lowest BCUT2D eigenvalue weighted by Gasteiger charge is -2.26. The van der Waals surface area contributed by atoms with Crippen LogP contribution in [0.25, 0.3) is 0 Å². The number of hydrogen-bond donors (Lipinski definition) is 2. The molecule has 2 aromatic carbocycles. The standard InChI is InChI=1S/C22H26N2O3S/c1-15-10-11-18(12-16(15)2)23-21(25)13-28(27)14-22(26)24-20-9-5-7-17-6-3-4-8-19(17)20/h3-4,6,8,10-12,20H,5,7,9,13-14H2,1-2H3,(H,23,25)(H,24,26)/t20-,28+/m1/s1. The van der Waals surface area contributed by atoms with E-state index in [-0.39, 0.29) is 29.4 Å². The Morgan fingerprint density at radius 1 is 1.04 bits per heavy atom. The van der Waals surface area contributed by atoms with Gasteiger partial charge < -0.3 is 10.6 Å². The average molecular weight is 399 g/mol. The molecule has 2 atom stereocenters. The van der Waals surface area contributed by atoms with Gasteiger partial charge in [0.15, 0.2) is 0 Å². The number of hydrogen-bond acceptors (Lipinski definition) is 3. The molecule has 6 heteroatoms. The van der Waals surface area contributed by atoms with Crippen LogP contribution in [0.15, 0.2) is 42.5 Å². The minimum Gasteiger partial charge on any atom is -0.348 e. The van der Waals surface area contributed by atoms with Gasteiger partial charge in [0, 0.05) is 16.5 Å². The van der Waals surface area contributed by atoms with Gasteiger partial charge in [-0.2, -0.15) is 0 Å². The van der Waals surface area contributed by atoms with E-state index in [1.165, 1.54) is 5.56 Å². The second kappa shape index (κ2) is 9.15. The highest BCUT2D eigenvalue weighted by molar-refractivity contribution is 7.86. The van der Waals surface area contributed by atoms with Crippen molar-refractivity contribution in [1.82, 2.24) is 5.32 Å². The van der Waals surface area contributed by atoms with Crippen molar-refractivity contribution in [2.45, 2.75) is 39.2 Å². The zero-order valence-electron chi connectivity index (χ0n) is 16.3. The molecule has 0 bridgehead atoms. The van der Waals surface area contributed by atoms with Crippen LogP contribution in [-0.2, 0) is 26.8 Å². The second-order valence-electron chi connectivity index (χ2n) is 7.29. The minimum absolute atomic E-state index is 0.0428. The number of fused-ring (bicyclic) bond motifs is 1. The fraction of sp³-hybridized carbons (Fsp3) is 0.364. The van der Waals surface area contributed by atoms with Crippen molar-refractivity contribution < 1.29 is 13.8 Å². The van der Waals surface area contributed by atoms with E-state index in [1.807, 2.05) is 50.2 Å². The molecule has 2 aromatic rings. The summed E-state index contributed by atoms with van der Waals surface area (Å²) in [6.45, 7) is 3.97. The van der Waals surface area contributed by atoms with E-state index < -0.39 is 10.8 Å². The first kappa shape index (κ1) is 20.3. The number of anilines is 1. The van der Waals surface area contributed by atoms with Crippen LogP contribution in [0.5, 0.6) is 0 Å². The predicted octanol–water partition coefficient (Wildman–Crippen LogP) is 3.18. The average Bonchev–Trinajstić information content (AvgIpc) is 2.64. The zero-order chi connectivity index (χ0) is 20.1. The Balaban J connectivity index is 1.50. The Labute approximate surface area is 168 Å². The van der Waals surface area contributed by atoms with Crippen molar-refractivity contribution in [2.75, 3.05) is 16.8 Å². The first-order valence-electron chi connectivity index (χ1n) is 9.51. The number of benzene rings is 2. The monoisotopic (exact) mass is 398 g/mol. The van der Waals surface area contributed by atoms with Crippen molar-refractivity contribution in [2.24, 2.45) is 0 Å². The van der Waals surface area contributed by atoms with Gasteiger partial charge in [-0.05, 0) is 67.5 Å². The van der Waals surface area contributed by atoms with Crippen LogP contribution in [0.1, 0.15) is 41.1 Å². The van der Waals surface area contributed by atoms with E-state index in [0.29, 0.717) is 5.69 Å². The van der Waals surface area contributed by atoms with Crippen molar-refractivity contribution in [3.05, 3.63) is 64.7 Å². The van der Waals surface area contributed by atoms with Gasteiger partial charge in [-0.15, -0.1) is 0 Å². The molecule has 5 nitrogen and oxygen atoms in total. The molecule has 0 aromatic heterocycles. The Morgan fingerprint density at radius 2 is 1.79 bits per heavy atom. The van der Waals surface area contributed by atoms with E-state index in [2.05, 4.69) is 16.7 Å². The number of nitrogens with one attached hydrogen (secondary N) is 2. The number of rotatable bonds is 6. The number of carbonyl (C=O) groups is 2. The van der Waals surface area contributed by atoms with Gasteiger partial charge in [-0.3, -0.25) is 13.8 Å². The van der Waals surface area contributed by atoms with Gasteiger partial charge >= 0.3 is 0 Å². The van der Waals surface area contributed by atoms with E-state index in [0.717, 1.165) is 36.0 Å². The molecule has 2 N–H and O–H groups in total. The summed E-state index contributed by atoms with van der Waals surface area (Å²) in [6.07, 6.45) is 2.92. The molecular weight excluding hydrogens is 372 g/mol. The maximum absolute atomic E-state index is 12.3. The molecule has 0 radical (unpaired) electrons. The van der Waals surface area contributed by atoms with E-state index >= 15 is 0 Å². The summed E-state index contributed by atoms with van der Waals surface area (Å²) in [5.74, 6) is -0.989. The maximum atomic E-state index is 12.3. The molecule has 1 aliphatic rings. The number of carbonyl (C=O) groups excluding carboxylic acids is 2. The highest BCUT2D eigenvalue weighted by Gasteiger charge is 2.22. The SMILES string of the molecule is Cc1ccc(NC(=O)C[S@](=O)CC(=O)N[C@@H]2CCCc3ccccc32)cc1C. The summed E-state index contributed by atoms with van der Waals surface area (Å²) in [4.78, 5) is 24.4. The zero-order valence-corrected chi connectivity index (χ0v) is 17.1. The fourth-order valence-electron chi connectivity index (χ4n) is 3.50. The molecule has 0 saturated carbocycles. The fourth-order valence-corrected chi connectivity index (χ4v) is 4.34. The smallest absolute Gasteiger partial charge is 0.237 e. The highest BCUT2D eigenvalue weighted by atomic mass is 32.2. The van der Waals surface area contributed by atoms with Crippen LogP contribution in [0.3, 0.4) is 0 Å².